The van der Waals surface area contributed by atoms with Crippen molar-refractivity contribution in [2.45, 2.75) is 17.1 Å². The van der Waals surface area contributed by atoms with Crippen molar-refractivity contribution in [3.05, 3.63) is 26.1 Å². The van der Waals surface area contributed by atoms with Crippen molar-refractivity contribution in [2.24, 2.45) is 7.05 Å². The molecule has 0 saturated carbocycles. The third-order valence-corrected chi connectivity index (χ3v) is 4.41. The average Bonchev–Trinajstić information content (AvgIpc) is 2.57. The summed E-state index contributed by atoms with van der Waals surface area (Å²) in [5.74, 6) is 0.822. The van der Waals surface area contributed by atoms with E-state index in [0.29, 0.717) is 13.8 Å². The molecule has 0 atom stereocenters. The number of halogens is 1. The number of aromatic amines is 1. The number of aryl methyl sites for hydroxylation is 1. The summed E-state index contributed by atoms with van der Waals surface area (Å²) >= 11 is 3.29. The Bertz CT molecular complexity index is 578. The Morgan fingerprint density at radius 2 is 2.25 bits per heavy atom. The SMILES string of the molecule is Cc1nnc(Sc2nc[nH]c(=O)c2I)n1C. The third-order valence-electron chi connectivity index (χ3n) is 2.01. The topological polar surface area (TPSA) is 76.5 Å². The first kappa shape index (κ1) is 11.6. The van der Waals surface area contributed by atoms with E-state index in [9.17, 15) is 4.79 Å². The van der Waals surface area contributed by atoms with Crippen LogP contribution in [0.4, 0.5) is 0 Å². The standard InChI is InChI=1S/C8H8IN5OS/c1-4-12-13-8(14(4)2)16-7-5(9)6(15)10-3-11-7/h3H,1-2H3,(H,10,11,15). The summed E-state index contributed by atoms with van der Waals surface area (Å²) in [7, 11) is 1.87. The Morgan fingerprint density at radius 3 is 2.88 bits per heavy atom. The molecule has 8 heteroatoms. The zero-order valence-corrected chi connectivity index (χ0v) is 11.5. The van der Waals surface area contributed by atoms with Gasteiger partial charge in [0.05, 0.1) is 6.33 Å². The Kier molecular flexibility index (Phi) is 3.28. The van der Waals surface area contributed by atoms with Gasteiger partial charge in [-0.25, -0.2) is 4.98 Å². The minimum atomic E-state index is -0.142. The van der Waals surface area contributed by atoms with Gasteiger partial charge in [-0.1, -0.05) is 0 Å². The summed E-state index contributed by atoms with van der Waals surface area (Å²) in [5, 5.41) is 9.30. The van der Waals surface area contributed by atoms with Crippen LogP contribution in [0.3, 0.4) is 0 Å². The highest BCUT2D eigenvalue weighted by atomic mass is 127. The highest BCUT2D eigenvalue weighted by molar-refractivity contribution is 14.1. The summed E-state index contributed by atoms with van der Waals surface area (Å²) in [5.41, 5.74) is -0.142. The molecule has 84 valence electrons. The molecule has 0 spiro atoms. The van der Waals surface area contributed by atoms with Gasteiger partial charge in [-0.3, -0.25) is 4.79 Å². The summed E-state index contributed by atoms with van der Waals surface area (Å²) in [6.45, 7) is 1.87. The molecule has 0 aliphatic heterocycles. The van der Waals surface area contributed by atoms with Gasteiger partial charge in [0.15, 0.2) is 5.16 Å². The Morgan fingerprint density at radius 1 is 1.50 bits per heavy atom. The number of aromatic nitrogens is 5. The summed E-state index contributed by atoms with van der Waals surface area (Å²) in [4.78, 5) is 18.0. The maximum Gasteiger partial charge on any atom is 0.265 e. The van der Waals surface area contributed by atoms with E-state index in [2.05, 4.69) is 20.2 Å². The van der Waals surface area contributed by atoms with E-state index < -0.39 is 0 Å². The number of rotatable bonds is 2. The second-order valence-corrected chi connectivity index (χ2v) is 5.08. The predicted molar refractivity (Wildman–Crippen MR) is 67.4 cm³/mol. The Hall–Kier alpha value is -0.900. The summed E-state index contributed by atoms with van der Waals surface area (Å²) in [6, 6.07) is 0. The molecule has 1 N–H and O–H groups in total. The van der Waals surface area contributed by atoms with Crippen molar-refractivity contribution in [1.29, 1.82) is 0 Å². The largest absolute Gasteiger partial charge is 0.312 e. The molecule has 0 fully saturated rings. The van der Waals surface area contributed by atoms with Crippen LogP contribution in [0.15, 0.2) is 21.3 Å². The fourth-order valence-electron chi connectivity index (χ4n) is 1.00. The second-order valence-electron chi connectivity index (χ2n) is 3.04. The van der Waals surface area contributed by atoms with Gasteiger partial charge in [0.1, 0.15) is 14.4 Å². The van der Waals surface area contributed by atoms with Gasteiger partial charge in [-0.05, 0) is 41.3 Å². The highest BCUT2D eigenvalue weighted by Crippen LogP contribution is 2.25. The van der Waals surface area contributed by atoms with Crippen LogP contribution in [-0.4, -0.2) is 24.7 Å². The number of H-pyrrole nitrogens is 1. The van der Waals surface area contributed by atoms with Crippen molar-refractivity contribution in [3.8, 4) is 0 Å². The van der Waals surface area contributed by atoms with Gasteiger partial charge in [-0.15, -0.1) is 10.2 Å². The van der Waals surface area contributed by atoms with Gasteiger partial charge >= 0.3 is 0 Å². The molecular weight excluding hydrogens is 341 g/mol. The smallest absolute Gasteiger partial charge is 0.265 e. The van der Waals surface area contributed by atoms with Crippen molar-refractivity contribution in [1.82, 2.24) is 24.7 Å². The molecule has 0 aromatic carbocycles. The van der Waals surface area contributed by atoms with E-state index >= 15 is 0 Å². The maximum atomic E-state index is 11.4. The fourth-order valence-corrected chi connectivity index (χ4v) is 2.44. The van der Waals surface area contributed by atoms with Crippen LogP contribution in [0.5, 0.6) is 0 Å². The number of nitrogens with zero attached hydrogens (tertiary/aromatic N) is 4. The zero-order valence-electron chi connectivity index (χ0n) is 8.56. The van der Waals surface area contributed by atoms with Crippen LogP contribution in [0.25, 0.3) is 0 Å². The lowest BCUT2D eigenvalue weighted by atomic mass is 10.7. The molecule has 16 heavy (non-hydrogen) atoms. The Balaban J connectivity index is 2.38. The second kappa shape index (κ2) is 4.53. The van der Waals surface area contributed by atoms with Crippen molar-refractivity contribution < 1.29 is 0 Å². The van der Waals surface area contributed by atoms with Crippen LogP contribution in [0.1, 0.15) is 5.82 Å². The fraction of sp³-hybridized carbons (Fsp3) is 0.250. The van der Waals surface area contributed by atoms with Crippen LogP contribution in [0, 0.1) is 10.5 Å². The van der Waals surface area contributed by atoms with Crippen molar-refractivity contribution in [2.75, 3.05) is 0 Å². The average molecular weight is 349 g/mol. The number of hydrogen-bond acceptors (Lipinski definition) is 5. The van der Waals surface area contributed by atoms with Gasteiger partial charge in [0, 0.05) is 7.05 Å². The van der Waals surface area contributed by atoms with E-state index in [-0.39, 0.29) is 5.56 Å². The molecule has 2 heterocycles. The van der Waals surface area contributed by atoms with E-state index in [1.807, 2.05) is 41.1 Å². The first-order valence-corrected chi connectivity index (χ1v) is 6.26. The van der Waals surface area contributed by atoms with Crippen LogP contribution in [0.2, 0.25) is 0 Å². The summed E-state index contributed by atoms with van der Waals surface area (Å²) in [6.07, 6.45) is 1.38. The molecule has 6 nitrogen and oxygen atoms in total. The zero-order chi connectivity index (χ0) is 11.7. The molecule has 2 rings (SSSR count). The predicted octanol–water partition coefficient (Wildman–Crippen LogP) is 0.963. The van der Waals surface area contributed by atoms with E-state index in [0.717, 1.165) is 5.82 Å². The van der Waals surface area contributed by atoms with E-state index in [1.165, 1.54) is 18.1 Å². The van der Waals surface area contributed by atoms with Crippen molar-refractivity contribution in [3.63, 3.8) is 0 Å². The number of hydrogen-bond donors (Lipinski definition) is 1. The first-order chi connectivity index (χ1) is 7.59. The van der Waals surface area contributed by atoms with Gasteiger partial charge in [0.25, 0.3) is 5.56 Å². The number of nitrogens with one attached hydrogen (secondary N) is 1. The molecule has 0 bridgehead atoms. The first-order valence-electron chi connectivity index (χ1n) is 4.36. The van der Waals surface area contributed by atoms with Crippen LogP contribution >= 0.6 is 34.4 Å². The van der Waals surface area contributed by atoms with Crippen LogP contribution in [-0.2, 0) is 7.05 Å². The van der Waals surface area contributed by atoms with E-state index in [1.54, 1.807) is 0 Å². The monoisotopic (exact) mass is 349 g/mol. The molecule has 0 unspecified atom stereocenters. The molecule has 0 aliphatic carbocycles. The third kappa shape index (κ3) is 2.12. The van der Waals surface area contributed by atoms with Crippen LogP contribution < -0.4 is 5.56 Å². The molecule has 0 amide bonds. The highest BCUT2D eigenvalue weighted by Gasteiger charge is 2.12. The molecule has 0 saturated heterocycles. The lowest BCUT2D eigenvalue weighted by molar-refractivity contribution is 0.763. The molecule has 0 radical (unpaired) electrons. The molecule has 2 aromatic rings. The lowest BCUT2D eigenvalue weighted by Crippen LogP contribution is -2.11. The van der Waals surface area contributed by atoms with Crippen molar-refractivity contribution >= 4 is 34.4 Å². The summed E-state index contributed by atoms with van der Waals surface area (Å²) < 4.78 is 2.41. The van der Waals surface area contributed by atoms with Gasteiger partial charge in [0.2, 0.25) is 0 Å². The molecule has 0 aliphatic rings. The lowest BCUT2D eigenvalue weighted by Gasteiger charge is -2.01. The van der Waals surface area contributed by atoms with Gasteiger partial charge < -0.3 is 9.55 Å². The normalized spacial score (nSPS) is 10.7. The molecule has 2 aromatic heterocycles. The Labute approximate surface area is 109 Å². The quantitative estimate of drug-likeness (QED) is 0.646. The minimum absolute atomic E-state index is 0.142. The minimum Gasteiger partial charge on any atom is -0.312 e. The van der Waals surface area contributed by atoms with Gasteiger partial charge in [-0.2, -0.15) is 0 Å². The molecular formula is C8H8IN5OS. The van der Waals surface area contributed by atoms with E-state index in [4.69, 9.17) is 0 Å². The maximum absolute atomic E-state index is 11.4.